The van der Waals surface area contributed by atoms with Crippen molar-refractivity contribution in [3.63, 3.8) is 0 Å². The number of fused-ring (bicyclic) bond motifs is 1. The number of carbonyl (C=O) groups excluding carboxylic acids is 3. The van der Waals surface area contributed by atoms with Gasteiger partial charge in [0.2, 0.25) is 11.8 Å². The molecule has 4 rings (SSSR count). The van der Waals surface area contributed by atoms with E-state index in [9.17, 15) is 22.8 Å². The summed E-state index contributed by atoms with van der Waals surface area (Å²) in [5, 5.41) is 3.06. The quantitative estimate of drug-likeness (QED) is 0.489. The lowest BCUT2D eigenvalue weighted by atomic mass is 10.1. The van der Waals surface area contributed by atoms with Crippen molar-refractivity contribution < 1.29 is 22.8 Å². The first kappa shape index (κ1) is 26.3. The van der Waals surface area contributed by atoms with Crippen molar-refractivity contribution in [3.05, 3.63) is 64.1 Å². The molecule has 0 saturated heterocycles. The van der Waals surface area contributed by atoms with Crippen molar-refractivity contribution >= 4 is 43.7 Å². The molecule has 36 heavy (non-hydrogen) atoms. The molecule has 192 valence electrons. The molecule has 1 heterocycles. The second-order valence-corrected chi connectivity index (χ2v) is 12.0. The Morgan fingerprint density at radius 2 is 1.78 bits per heavy atom. The van der Waals surface area contributed by atoms with Crippen LogP contribution in [0, 0.1) is 0 Å². The van der Waals surface area contributed by atoms with Crippen LogP contribution in [0.1, 0.15) is 61.4 Å². The van der Waals surface area contributed by atoms with Crippen LogP contribution in [-0.2, 0) is 26.2 Å². The van der Waals surface area contributed by atoms with Crippen molar-refractivity contribution in [2.45, 2.75) is 69.0 Å². The largest absolute Gasteiger partial charge is 0.352 e. The van der Waals surface area contributed by atoms with E-state index < -0.39 is 22.0 Å². The lowest BCUT2D eigenvalue weighted by Crippen LogP contribution is -2.49. The second-order valence-electron chi connectivity index (χ2n) is 9.30. The molecule has 3 amide bonds. The topological polar surface area (TPSA) is 104 Å². The molecule has 1 fully saturated rings. The van der Waals surface area contributed by atoms with E-state index in [1.807, 2.05) is 24.3 Å². The van der Waals surface area contributed by atoms with Crippen LogP contribution < -0.4 is 5.32 Å². The average molecular weight is 577 g/mol. The predicted molar refractivity (Wildman–Crippen MR) is 138 cm³/mol. The fourth-order valence-corrected chi connectivity index (χ4v) is 6.60. The molecule has 8 nitrogen and oxygen atoms in total. The Balaban J connectivity index is 1.43. The molecular formula is C26H30BrN3O5S. The fourth-order valence-electron chi connectivity index (χ4n) is 4.73. The van der Waals surface area contributed by atoms with Gasteiger partial charge < -0.3 is 10.2 Å². The number of benzene rings is 2. The van der Waals surface area contributed by atoms with E-state index in [1.54, 1.807) is 19.1 Å². The van der Waals surface area contributed by atoms with E-state index in [0.717, 1.165) is 40.0 Å². The van der Waals surface area contributed by atoms with Gasteiger partial charge in [-0.05, 0) is 56.0 Å². The minimum atomic E-state index is -3.92. The number of hydrogen-bond acceptors (Lipinski definition) is 5. The lowest BCUT2D eigenvalue weighted by Gasteiger charge is -2.30. The van der Waals surface area contributed by atoms with Crippen LogP contribution in [0.25, 0.3) is 0 Å². The maximum atomic E-state index is 13.3. The van der Waals surface area contributed by atoms with Crippen LogP contribution in [0.4, 0.5) is 0 Å². The van der Waals surface area contributed by atoms with Gasteiger partial charge in [0, 0.05) is 30.0 Å². The fraction of sp³-hybridized carbons (Fsp3) is 0.423. The third-order valence-electron chi connectivity index (χ3n) is 6.80. The van der Waals surface area contributed by atoms with Gasteiger partial charge in [0.15, 0.2) is 0 Å². The van der Waals surface area contributed by atoms with Crippen molar-refractivity contribution in [3.8, 4) is 0 Å². The average Bonchev–Trinajstić information content (AvgIpc) is 3.44. The Hall–Kier alpha value is -2.72. The van der Waals surface area contributed by atoms with Crippen molar-refractivity contribution in [1.29, 1.82) is 0 Å². The third kappa shape index (κ3) is 5.64. The van der Waals surface area contributed by atoms with Crippen LogP contribution in [0.3, 0.4) is 0 Å². The van der Waals surface area contributed by atoms with E-state index in [4.69, 9.17) is 0 Å². The maximum absolute atomic E-state index is 13.3. The van der Waals surface area contributed by atoms with Gasteiger partial charge in [-0.25, -0.2) is 12.7 Å². The molecule has 0 radical (unpaired) electrons. The first-order chi connectivity index (χ1) is 17.2. The third-order valence-corrected chi connectivity index (χ3v) is 9.17. The van der Waals surface area contributed by atoms with Crippen LogP contribution in [-0.4, -0.2) is 54.0 Å². The van der Waals surface area contributed by atoms with Gasteiger partial charge in [-0.15, -0.1) is 0 Å². The summed E-state index contributed by atoms with van der Waals surface area (Å²) in [4.78, 5) is 40.5. The van der Waals surface area contributed by atoms with Crippen molar-refractivity contribution in [1.82, 2.24) is 14.5 Å². The van der Waals surface area contributed by atoms with Crippen LogP contribution in [0.5, 0.6) is 0 Å². The maximum Gasteiger partial charge on any atom is 0.269 e. The zero-order chi connectivity index (χ0) is 25.9. The highest BCUT2D eigenvalue weighted by atomic mass is 79.9. The Kier molecular flexibility index (Phi) is 8.14. The van der Waals surface area contributed by atoms with Gasteiger partial charge >= 0.3 is 0 Å². The highest BCUT2D eigenvalue weighted by Gasteiger charge is 2.40. The summed E-state index contributed by atoms with van der Waals surface area (Å²) < 4.78 is 27.3. The molecule has 0 aromatic heterocycles. The van der Waals surface area contributed by atoms with E-state index in [2.05, 4.69) is 21.2 Å². The number of nitrogens with zero attached hydrogens (tertiary/aromatic N) is 2. The summed E-state index contributed by atoms with van der Waals surface area (Å²) in [5.74, 6) is -1.04. The SMILES string of the molecule is CC(C(=O)NC1CCCC1)N(Cc1ccc(Br)cc1)C(=O)CCCN1C(=O)c2ccccc2S1(=O)=O. The Morgan fingerprint density at radius 1 is 1.11 bits per heavy atom. The van der Waals surface area contributed by atoms with Crippen LogP contribution in [0.2, 0.25) is 0 Å². The predicted octanol–water partition coefficient (Wildman–Crippen LogP) is 3.85. The van der Waals surface area contributed by atoms with Gasteiger partial charge in [0.1, 0.15) is 10.9 Å². The molecule has 1 aliphatic heterocycles. The molecule has 1 N–H and O–H groups in total. The first-order valence-corrected chi connectivity index (χ1v) is 14.4. The number of amides is 3. The molecule has 0 bridgehead atoms. The van der Waals surface area contributed by atoms with Gasteiger partial charge in [-0.3, -0.25) is 14.4 Å². The number of carbonyl (C=O) groups is 3. The van der Waals surface area contributed by atoms with Gasteiger partial charge in [-0.2, -0.15) is 0 Å². The molecule has 10 heteroatoms. The Bertz CT molecular complexity index is 1240. The Morgan fingerprint density at radius 3 is 2.44 bits per heavy atom. The lowest BCUT2D eigenvalue weighted by molar-refractivity contribution is -0.141. The number of halogens is 1. The molecule has 1 aliphatic carbocycles. The molecule has 1 atom stereocenters. The summed E-state index contributed by atoms with van der Waals surface area (Å²) in [5.41, 5.74) is 1.03. The summed E-state index contributed by atoms with van der Waals surface area (Å²) in [7, 11) is -3.92. The second kappa shape index (κ2) is 11.1. The van der Waals surface area contributed by atoms with Gasteiger partial charge in [0.05, 0.1) is 5.56 Å². The van der Waals surface area contributed by atoms with Gasteiger partial charge in [-0.1, -0.05) is 53.0 Å². The highest BCUT2D eigenvalue weighted by Crippen LogP contribution is 2.30. The van der Waals surface area contributed by atoms with E-state index in [-0.39, 0.29) is 54.2 Å². The molecule has 2 aromatic rings. The standard InChI is InChI=1S/C26H30BrN3O5S/c1-18(25(32)28-21-7-2-3-8-21)29(17-19-12-14-20(27)15-13-19)24(31)11-6-16-30-26(33)22-9-4-5-10-23(22)36(30,34)35/h4-5,9-10,12-15,18,21H,2-3,6-8,11,16-17H2,1H3,(H,28,32). The monoisotopic (exact) mass is 575 g/mol. The summed E-state index contributed by atoms with van der Waals surface area (Å²) >= 11 is 3.41. The summed E-state index contributed by atoms with van der Waals surface area (Å²) in [6.45, 7) is 1.86. The van der Waals surface area contributed by atoms with Crippen LogP contribution >= 0.6 is 15.9 Å². The molecular weight excluding hydrogens is 546 g/mol. The minimum Gasteiger partial charge on any atom is -0.352 e. The minimum absolute atomic E-state index is 0.00426. The zero-order valence-corrected chi connectivity index (χ0v) is 22.6. The van der Waals surface area contributed by atoms with Gasteiger partial charge in [0.25, 0.3) is 15.9 Å². The van der Waals surface area contributed by atoms with Crippen molar-refractivity contribution in [2.24, 2.45) is 0 Å². The number of nitrogens with one attached hydrogen (secondary N) is 1. The molecule has 0 spiro atoms. The first-order valence-electron chi connectivity index (χ1n) is 12.2. The molecule has 2 aliphatic rings. The smallest absolute Gasteiger partial charge is 0.269 e. The van der Waals surface area contributed by atoms with E-state index in [0.29, 0.717) is 0 Å². The normalized spacial score (nSPS) is 17.6. The number of rotatable bonds is 9. The summed E-state index contributed by atoms with van der Waals surface area (Å²) in [6, 6.07) is 13.1. The molecule has 1 unspecified atom stereocenters. The van der Waals surface area contributed by atoms with Crippen molar-refractivity contribution in [2.75, 3.05) is 6.54 Å². The number of hydrogen-bond donors (Lipinski definition) is 1. The van der Waals surface area contributed by atoms with Crippen LogP contribution in [0.15, 0.2) is 57.9 Å². The Labute approximate surface area is 220 Å². The molecule has 2 aromatic carbocycles. The summed E-state index contributed by atoms with van der Waals surface area (Å²) in [6.07, 6.45) is 4.23. The zero-order valence-electron chi connectivity index (χ0n) is 20.2. The molecule has 1 saturated carbocycles. The van der Waals surface area contributed by atoms with E-state index in [1.165, 1.54) is 17.0 Å². The van der Waals surface area contributed by atoms with E-state index >= 15 is 0 Å². The number of sulfonamides is 1. The highest BCUT2D eigenvalue weighted by molar-refractivity contribution is 9.10.